The predicted octanol–water partition coefficient (Wildman–Crippen LogP) is 3.61. The Hall–Kier alpha value is -3.45. The van der Waals surface area contributed by atoms with E-state index >= 15 is 0 Å². The first-order chi connectivity index (χ1) is 15.6. The summed E-state index contributed by atoms with van der Waals surface area (Å²) in [5.74, 6) is -0.0418. The summed E-state index contributed by atoms with van der Waals surface area (Å²) in [4.78, 5) is 33.3. The molecule has 2 aromatic carbocycles. The zero-order valence-electron chi connectivity index (χ0n) is 17.5. The Bertz CT molecular complexity index is 1170. The van der Waals surface area contributed by atoms with Crippen molar-refractivity contribution in [2.75, 3.05) is 13.1 Å². The summed E-state index contributed by atoms with van der Waals surface area (Å²) in [7, 11) is 0. The number of piperidine rings is 1. The standard InChI is InChI=1S/C25H24N4O2S/c26-24-27-23(31)25(28-24,20-9-4-8-18(16-20)17-6-2-1-3-7-17)19-11-13-29(14-12-19)22(30)21-10-5-15-32-21/h1-10,15-16,19H,11-14H2,(H3,26,27,28,31). The second kappa shape index (κ2) is 8.24. The van der Waals surface area contributed by atoms with E-state index in [0.29, 0.717) is 25.9 Å². The number of thiophene rings is 1. The SMILES string of the molecule is NC1=NC(c2cccc(-c3ccccc3)c2)(C2CCN(C(=O)c3cccs3)CC2)C(=O)N1. The van der Waals surface area contributed by atoms with Gasteiger partial charge in [-0.2, -0.15) is 0 Å². The van der Waals surface area contributed by atoms with Crippen LogP contribution in [0, 0.1) is 5.92 Å². The minimum atomic E-state index is -1.08. The maximum Gasteiger partial charge on any atom is 0.263 e. The Morgan fingerprint density at radius 3 is 2.44 bits per heavy atom. The van der Waals surface area contributed by atoms with E-state index in [-0.39, 0.29) is 23.7 Å². The lowest BCUT2D eigenvalue weighted by Crippen LogP contribution is -2.49. The highest BCUT2D eigenvalue weighted by molar-refractivity contribution is 7.12. The first-order valence-corrected chi connectivity index (χ1v) is 11.6. The number of nitrogens with zero attached hydrogens (tertiary/aromatic N) is 2. The smallest absolute Gasteiger partial charge is 0.263 e. The van der Waals surface area contributed by atoms with Crippen LogP contribution < -0.4 is 11.1 Å². The van der Waals surface area contributed by atoms with Gasteiger partial charge in [0, 0.05) is 19.0 Å². The van der Waals surface area contributed by atoms with Crippen molar-refractivity contribution in [1.82, 2.24) is 10.2 Å². The Morgan fingerprint density at radius 1 is 1.03 bits per heavy atom. The Balaban J connectivity index is 1.46. The number of nitrogens with two attached hydrogens (primary N) is 1. The summed E-state index contributed by atoms with van der Waals surface area (Å²) in [5.41, 5.74) is 7.85. The lowest BCUT2D eigenvalue weighted by atomic mass is 9.73. The second-order valence-electron chi connectivity index (χ2n) is 8.21. The van der Waals surface area contributed by atoms with Crippen LogP contribution >= 0.6 is 11.3 Å². The zero-order chi connectivity index (χ0) is 22.1. The first-order valence-electron chi connectivity index (χ1n) is 10.7. The highest BCUT2D eigenvalue weighted by Gasteiger charge is 2.51. The number of nitrogens with one attached hydrogen (secondary N) is 1. The molecule has 0 radical (unpaired) electrons. The predicted molar refractivity (Wildman–Crippen MR) is 126 cm³/mol. The third kappa shape index (κ3) is 3.48. The topological polar surface area (TPSA) is 87.8 Å². The van der Waals surface area contributed by atoms with E-state index < -0.39 is 5.54 Å². The normalized spacial score (nSPS) is 21.3. The number of guanidine groups is 1. The van der Waals surface area contributed by atoms with Crippen LogP contribution in [0.5, 0.6) is 0 Å². The molecule has 3 aromatic rings. The summed E-state index contributed by atoms with van der Waals surface area (Å²) in [6, 6.07) is 21.8. The lowest BCUT2D eigenvalue weighted by Gasteiger charge is -2.39. The van der Waals surface area contributed by atoms with Gasteiger partial charge in [-0.15, -0.1) is 11.3 Å². The Kier molecular flexibility index (Phi) is 5.27. The van der Waals surface area contributed by atoms with Crippen LogP contribution in [0.3, 0.4) is 0 Å². The first kappa shape index (κ1) is 20.5. The highest BCUT2D eigenvalue weighted by Crippen LogP contribution is 2.43. The average molecular weight is 445 g/mol. The maximum absolute atomic E-state index is 13.3. The number of likely N-dealkylation sites (tertiary alicyclic amines) is 1. The van der Waals surface area contributed by atoms with Crippen molar-refractivity contribution in [2.24, 2.45) is 16.6 Å². The van der Waals surface area contributed by atoms with Crippen molar-refractivity contribution in [2.45, 2.75) is 18.4 Å². The molecule has 2 aliphatic heterocycles. The third-order valence-electron chi connectivity index (χ3n) is 6.40. The molecule has 0 aliphatic carbocycles. The van der Waals surface area contributed by atoms with Gasteiger partial charge in [-0.25, -0.2) is 4.99 Å². The monoisotopic (exact) mass is 444 g/mol. The fourth-order valence-corrected chi connectivity index (χ4v) is 5.50. The number of rotatable bonds is 4. The summed E-state index contributed by atoms with van der Waals surface area (Å²) in [5, 5.41) is 4.64. The fraction of sp³-hybridized carbons (Fsp3) is 0.240. The molecule has 5 rings (SSSR count). The average Bonchev–Trinajstić information content (AvgIpc) is 3.48. The van der Waals surface area contributed by atoms with Gasteiger partial charge in [0.1, 0.15) is 0 Å². The van der Waals surface area contributed by atoms with Gasteiger partial charge >= 0.3 is 0 Å². The van der Waals surface area contributed by atoms with Crippen LogP contribution in [0.25, 0.3) is 11.1 Å². The molecular weight excluding hydrogens is 420 g/mol. The maximum atomic E-state index is 13.3. The molecule has 2 aliphatic rings. The van der Waals surface area contributed by atoms with Crippen molar-refractivity contribution in [1.29, 1.82) is 0 Å². The highest BCUT2D eigenvalue weighted by atomic mass is 32.1. The van der Waals surface area contributed by atoms with Crippen molar-refractivity contribution >= 4 is 29.1 Å². The van der Waals surface area contributed by atoms with E-state index in [4.69, 9.17) is 5.73 Å². The number of amides is 2. The number of benzene rings is 2. The van der Waals surface area contributed by atoms with Gasteiger partial charge in [0.25, 0.3) is 11.8 Å². The molecule has 0 saturated carbocycles. The van der Waals surface area contributed by atoms with Crippen molar-refractivity contribution in [3.05, 3.63) is 82.6 Å². The van der Waals surface area contributed by atoms with Gasteiger partial charge in [-0.1, -0.05) is 54.6 Å². The molecule has 1 saturated heterocycles. The van der Waals surface area contributed by atoms with Gasteiger partial charge in [0.15, 0.2) is 11.5 Å². The van der Waals surface area contributed by atoms with Gasteiger partial charge in [-0.3, -0.25) is 14.9 Å². The summed E-state index contributed by atoms with van der Waals surface area (Å²) >= 11 is 1.45. The van der Waals surface area contributed by atoms with E-state index in [1.54, 1.807) is 0 Å². The minimum Gasteiger partial charge on any atom is -0.370 e. The molecule has 1 atom stereocenters. The molecule has 7 heteroatoms. The van der Waals surface area contributed by atoms with Gasteiger partial charge in [-0.05, 0) is 47.0 Å². The van der Waals surface area contributed by atoms with Crippen LogP contribution in [-0.2, 0) is 10.3 Å². The fourth-order valence-electron chi connectivity index (χ4n) is 4.81. The zero-order valence-corrected chi connectivity index (χ0v) is 18.3. The summed E-state index contributed by atoms with van der Waals surface area (Å²) in [6.07, 6.45) is 1.35. The number of hydrogen-bond acceptors (Lipinski definition) is 5. The van der Waals surface area contributed by atoms with Crippen LogP contribution in [0.1, 0.15) is 28.1 Å². The molecule has 0 spiro atoms. The molecule has 1 fully saturated rings. The van der Waals surface area contributed by atoms with Crippen molar-refractivity contribution in [3.8, 4) is 11.1 Å². The van der Waals surface area contributed by atoms with Crippen molar-refractivity contribution < 1.29 is 9.59 Å². The van der Waals surface area contributed by atoms with E-state index in [1.165, 1.54) is 11.3 Å². The van der Waals surface area contributed by atoms with E-state index in [0.717, 1.165) is 21.6 Å². The quantitative estimate of drug-likeness (QED) is 0.644. The number of carbonyl (C=O) groups is 2. The van der Waals surface area contributed by atoms with Crippen LogP contribution in [0.15, 0.2) is 77.1 Å². The number of carbonyl (C=O) groups excluding carboxylic acids is 2. The molecule has 32 heavy (non-hydrogen) atoms. The van der Waals surface area contributed by atoms with E-state index in [2.05, 4.69) is 10.3 Å². The summed E-state index contributed by atoms with van der Waals surface area (Å²) in [6.45, 7) is 1.18. The Labute approximate surface area is 190 Å². The molecule has 3 N–H and O–H groups in total. The van der Waals surface area contributed by atoms with Crippen molar-refractivity contribution in [3.63, 3.8) is 0 Å². The van der Waals surface area contributed by atoms with Gasteiger partial charge in [0.05, 0.1) is 4.88 Å². The molecule has 162 valence electrons. The van der Waals surface area contributed by atoms with Crippen LogP contribution in [0.2, 0.25) is 0 Å². The largest absolute Gasteiger partial charge is 0.370 e. The molecule has 2 amide bonds. The minimum absolute atomic E-state index is 0.0532. The number of aliphatic imine (C=N–C) groups is 1. The molecule has 1 unspecified atom stereocenters. The van der Waals surface area contributed by atoms with E-state index in [9.17, 15) is 9.59 Å². The molecule has 0 bridgehead atoms. The van der Waals surface area contributed by atoms with E-state index in [1.807, 2.05) is 77.0 Å². The summed E-state index contributed by atoms with van der Waals surface area (Å²) < 4.78 is 0. The van der Waals surface area contributed by atoms with Crippen LogP contribution in [0.4, 0.5) is 0 Å². The molecular formula is C25H24N4O2S. The molecule has 3 heterocycles. The Morgan fingerprint density at radius 2 is 1.78 bits per heavy atom. The molecule has 6 nitrogen and oxygen atoms in total. The van der Waals surface area contributed by atoms with Gasteiger partial charge < -0.3 is 10.6 Å². The number of hydrogen-bond donors (Lipinski definition) is 2. The molecule has 1 aromatic heterocycles. The lowest BCUT2D eigenvalue weighted by molar-refractivity contribution is -0.126. The van der Waals surface area contributed by atoms with Gasteiger partial charge in [0.2, 0.25) is 0 Å². The third-order valence-corrected chi connectivity index (χ3v) is 7.26. The van der Waals surface area contributed by atoms with Crippen LogP contribution in [-0.4, -0.2) is 35.8 Å². The second-order valence-corrected chi connectivity index (χ2v) is 9.16.